The Morgan fingerprint density at radius 1 is 0.833 bits per heavy atom. The Balaban J connectivity index is 0.748. The van der Waals surface area contributed by atoms with Crippen LogP contribution >= 0.6 is 11.3 Å². The zero-order valence-electron chi connectivity index (χ0n) is 34.5. The number of benzene rings is 2. The number of rotatable bonds is 7. The van der Waals surface area contributed by atoms with Crippen LogP contribution in [-0.2, 0) is 6.42 Å². The van der Waals surface area contributed by atoms with Gasteiger partial charge in [0, 0.05) is 79.4 Å². The molecule has 10 rings (SSSR count). The molecule has 11 nitrogen and oxygen atoms in total. The largest absolute Gasteiger partial charge is 0.401 e. The summed E-state index contributed by atoms with van der Waals surface area (Å²) in [5, 5.41) is 18.2. The quantitative estimate of drug-likeness (QED) is 0.173. The number of nitrogens with one attached hydrogen (secondary N) is 1. The number of alkyl halides is 3. The van der Waals surface area contributed by atoms with E-state index in [0.29, 0.717) is 24.6 Å². The van der Waals surface area contributed by atoms with Gasteiger partial charge in [-0.15, -0.1) is 21.5 Å². The number of pyridine rings is 1. The van der Waals surface area contributed by atoms with E-state index in [1.165, 1.54) is 26.6 Å². The third-order valence-corrected chi connectivity index (χ3v) is 14.4. The van der Waals surface area contributed by atoms with E-state index < -0.39 is 18.8 Å². The molecule has 15 heteroatoms. The maximum Gasteiger partial charge on any atom is 0.401 e. The van der Waals surface area contributed by atoms with Crippen molar-refractivity contribution >= 4 is 39.3 Å². The highest BCUT2D eigenvalue weighted by Crippen LogP contribution is 2.41. The Labute approximate surface area is 351 Å². The second-order valence-electron chi connectivity index (χ2n) is 17.0. The van der Waals surface area contributed by atoms with Crippen molar-refractivity contribution in [2.45, 2.75) is 65.2 Å². The summed E-state index contributed by atoms with van der Waals surface area (Å²) in [5.74, 6) is 2.43. The van der Waals surface area contributed by atoms with E-state index in [2.05, 4.69) is 84.7 Å². The fraction of sp³-hybridized carbons (Fsp3) is 0.444. The van der Waals surface area contributed by atoms with Crippen LogP contribution in [0.5, 0.6) is 0 Å². The van der Waals surface area contributed by atoms with Gasteiger partial charge in [-0.2, -0.15) is 18.3 Å². The molecule has 0 spiro atoms. The number of thiophene rings is 1. The number of fused-ring (bicyclic) bond motifs is 6. The molecule has 60 heavy (non-hydrogen) atoms. The number of H-pyrrole nitrogens is 1. The van der Waals surface area contributed by atoms with E-state index in [-0.39, 0.29) is 6.04 Å². The molecule has 4 aliphatic heterocycles. The first-order valence-corrected chi connectivity index (χ1v) is 22.0. The molecular formula is C45H50F3N11S. The van der Waals surface area contributed by atoms with Crippen LogP contribution in [0, 0.1) is 26.7 Å². The van der Waals surface area contributed by atoms with Crippen molar-refractivity contribution in [2.24, 2.45) is 10.9 Å². The van der Waals surface area contributed by atoms with Gasteiger partial charge in [-0.25, -0.2) is 0 Å². The lowest BCUT2D eigenvalue weighted by molar-refractivity contribution is -0.150. The van der Waals surface area contributed by atoms with Crippen LogP contribution in [0.1, 0.15) is 81.9 Å². The van der Waals surface area contributed by atoms with Crippen LogP contribution in [0.15, 0.2) is 65.9 Å². The van der Waals surface area contributed by atoms with Gasteiger partial charge in [0.05, 0.1) is 47.6 Å². The number of piperidine rings is 1. The van der Waals surface area contributed by atoms with Gasteiger partial charge < -0.3 is 9.80 Å². The molecule has 0 radical (unpaired) electrons. The smallest absolute Gasteiger partial charge is 0.372 e. The molecule has 2 fully saturated rings. The highest BCUT2D eigenvalue weighted by molar-refractivity contribution is 7.15. The Kier molecular flexibility index (Phi) is 10.0. The Hall–Kier alpha value is -5.12. The number of aromatic amines is 1. The molecule has 0 saturated carbocycles. The average molecular weight is 834 g/mol. The van der Waals surface area contributed by atoms with E-state index in [9.17, 15) is 13.2 Å². The molecule has 0 bridgehead atoms. The minimum atomic E-state index is -4.30. The fourth-order valence-electron chi connectivity index (χ4n) is 9.94. The molecule has 6 aromatic rings. The normalized spacial score (nSPS) is 20.6. The number of aryl methyl sites for hydroxylation is 2. The number of hydrogen-bond donors (Lipinski definition) is 1. The molecular weight excluding hydrogens is 784 g/mol. The first-order valence-electron chi connectivity index (χ1n) is 21.1. The SMILES string of the molecule is Cc1sc2c(c1C)C(c1ccc(N3CCC(CN4CCN(c5ccc(C6c7ccc8[nH]ncc8c7CCN6CC(F)(F)F)nc5)CC4)CC3)cc1)=NC(C)c1nnc(C)n1-2. The van der Waals surface area contributed by atoms with Gasteiger partial charge in [-0.1, -0.05) is 18.2 Å². The molecule has 2 saturated heterocycles. The van der Waals surface area contributed by atoms with Crippen LogP contribution < -0.4 is 9.80 Å². The highest BCUT2D eigenvalue weighted by Gasteiger charge is 2.39. The molecule has 2 aromatic carbocycles. The van der Waals surface area contributed by atoms with E-state index in [4.69, 9.17) is 9.98 Å². The minimum absolute atomic E-state index is 0.101. The van der Waals surface area contributed by atoms with E-state index in [1.54, 1.807) is 17.5 Å². The number of nitrogens with zero attached hydrogens (tertiary/aromatic N) is 10. The first kappa shape index (κ1) is 39.0. The molecule has 312 valence electrons. The van der Waals surface area contributed by atoms with Gasteiger partial charge in [0.2, 0.25) is 0 Å². The van der Waals surface area contributed by atoms with Crippen molar-refractivity contribution < 1.29 is 13.2 Å². The van der Waals surface area contributed by atoms with Crippen molar-refractivity contribution in [1.29, 1.82) is 0 Å². The van der Waals surface area contributed by atoms with Crippen molar-refractivity contribution in [3.05, 3.63) is 111 Å². The van der Waals surface area contributed by atoms with Crippen LogP contribution in [-0.4, -0.2) is 111 Å². The van der Waals surface area contributed by atoms with Gasteiger partial charge in [0.1, 0.15) is 16.9 Å². The summed E-state index contributed by atoms with van der Waals surface area (Å²) >= 11 is 1.79. The first-order chi connectivity index (χ1) is 29.0. The number of aliphatic imine (C=N–C) groups is 1. The van der Waals surface area contributed by atoms with Crippen LogP contribution in [0.3, 0.4) is 0 Å². The van der Waals surface area contributed by atoms with E-state index >= 15 is 0 Å². The van der Waals surface area contributed by atoms with Crippen molar-refractivity contribution in [1.82, 2.24) is 39.7 Å². The summed E-state index contributed by atoms with van der Waals surface area (Å²) in [4.78, 5) is 20.3. The molecule has 0 amide bonds. The van der Waals surface area contributed by atoms with Gasteiger partial charge in [0.25, 0.3) is 0 Å². The zero-order chi connectivity index (χ0) is 41.3. The summed E-state index contributed by atoms with van der Waals surface area (Å²) in [6.45, 7) is 14.7. The summed E-state index contributed by atoms with van der Waals surface area (Å²) in [5.41, 5.74) is 10.3. The number of piperazine rings is 1. The minimum Gasteiger partial charge on any atom is -0.372 e. The monoisotopic (exact) mass is 833 g/mol. The van der Waals surface area contributed by atoms with Crippen molar-refractivity contribution in [3.63, 3.8) is 0 Å². The molecule has 8 heterocycles. The summed E-state index contributed by atoms with van der Waals surface area (Å²) in [6.07, 6.45) is 2.18. The third kappa shape index (κ3) is 7.17. The molecule has 0 aliphatic carbocycles. The Morgan fingerprint density at radius 3 is 2.32 bits per heavy atom. The van der Waals surface area contributed by atoms with Crippen molar-refractivity contribution in [2.75, 3.05) is 68.7 Å². The standard InChI is InChI=1S/C45H50F3N11S/c1-27-29(3)60-44-40(27)41(51-28(2)43-54-52-30(4)59(43)44)32-5-7-33(8-6-32)56-16-13-31(14-17-56)25-55-19-21-57(22-20-55)34-9-11-39(49-23-34)42-36-10-12-38-37(24-50-53-38)35(36)15-18-58(42)26-45(46,47)48/h5-12,23-24,28,31,42H,13-22,25-26H2,1-4H3,(H,50,53). The van der Waals surface area contributed by atoms with Gasteiger partial charge in [-0.3, -0.25) is 29.4 Å². The second-order valence-corrected chi connectivity index (χ2v) is 18.2. The average Bonchev–Trinajstić information content (AvgIpc) is 3.94. The predicted molar refractivity (Wildman–Crippen MR) is 231 cm³/mol. The summed E-state index contributed by atoms with van der Waals surface area (Å²) in [7, 11) is 0. The summed E-state index contributed by atoms with van der Waals surface area (Å²) in [6, 6.07) is 16.1. The van der Waals surface area contributed by atoms with Crippen LogP contribution in [0.2, 0.25) is 0 Å². The zero-order valence-corrected chi connectivity index (χ0v) is 35.3. The van der Waals surface area contributed by atoms with Gasteiger partial charge in [-0.05, 0) is 99.9 Å². The Bertz CT molecular complexity index is 2540. The molecule has 2 unspecified atom stereocenters. The number of aromatic nitrogens is 6. The lowest BCUT2D eigenvalue weighted by Crippen LogP contribution is -2.49. The lowest BCUT2D eigenvalue weighted by Gasteiger charge is -2.40. The topological polar surface area (TPSA) is 97.6 Å². The lowest BCUT2D eigenvalue weighted by atomic mass is 9.88. The Morgan fingerprint density at radius 2 is 1.58 bits per heavy atom. The van der Waals surface area contributed by atoms with Crippen LogP contribution in [0.4, 0.5) is 24.5 Å². The number of hydrogen-bond acceptors (Lipinski definition) is 10. The summed E-state index contributed by atoms with van der Waals surface area (Å²) < 4.78 is 43.4. The predicted octanol–water partition coefficient (Wildman–Crippen LogP) is 7.99. The number of halogens is 3. The maximum atomic E-state index is 13.7. The number of anilines is 2. The molecule has 4 aromatic heterocycles. The fourth-order valence-corrected chi connectivity index (χ4v) is 11.2. The van der Waals surface area contributed by atoms with Gasteiger partial charge >= 0.3 is 6.18 Å². The van der Waals surface area contributed by atoms with E-state index in [1.807, 2.05) is 37.4 Å². The van der Waals surface area contributed by atoms with Gasteiger partial charge in [0.15, 0.2) is 5.82 Å². The maximum absolute atomic E-state index is 13.7. The second kappa shape index (κ2) is 15.4. The third-order valence-electron chi connectivity index (χ3n) is 13.2. The molecule has 4 aliphatic rings. The molecule has 2 atom stereocenters. The molecule has 1 N–H and O–H groups in total. The highest BCUT2D eigenvalue weighted by atomic mass is 32.1. The van der Waals surface area contributed by atoms with E-state index in [0.717, 1.165) is 114 Å². The van der Waals surface area contributed by atoms with Crippen molar-refractivity contribution in [3.8, 4) is 5.00 Å². The van der Waals surface area contributed by atoms with Crippen LogP contribution in [0.25, 0.3) is 15.9 Å².